The lowest BCUT2D eigenvalue weighted by Gasteiger charge is -2.29. The van der Waals surface area contributed by atoms with E-state index in [0.29, 0.717) is 6.04 Å². The first-order valence-electron chi connectivity index (χ1n) is 7.00. The van der Waals surface area contributed by atoms with Crippen molar-refractivity contribution in [2.75, 3.05) is 19.8 Å². The van der Waals surface area contributed by atoms with Gasteiger partial charge in [-0.1, -0.05) is 6.92 Å². The molecule has 1 N–H and O–H groups in total. The predicted octanol–water partition coefficient (Wildman–Crippen LogP) is 2.24. The zero-order valence-electron chi connectivity index (χ0n) is 11.9. The monoisotopic (exact) mass is 254 g/mol. The van der Waals surface area contributed by atoms with Gasteiger partial charge in [-0.2, -0.15) is 5.26 Å². The SMILES string of the molecule is CCC(C#N)(CCCOC1CCOC1)NC(C)C. The van der Waals surface area contributed by atoms with Crippen LogP contribution in [0.25, 0.3) is 0 Å². The van der Waals surface area contributed by atoms with Gasteiger partial charge in [0.05, 0.1) is 18.8 Å². The van der Waals surface area contributed by atoms with Crippen LogP contribution in [0.2, 0.25) is 0 Å². The van der Waals surface area contributed by atoms with E-state index < -0.39 is 5.54 Å². The number of hydrogen-bond acceptors (Lipinski definition) is 4. The summed E-state index contributed by atoms with van der Waals surface area (Å²) in [6.07, 6.45) is 3.85. The van der Waals surface area contributed by atoms with Gasteiger partial charge in [0, 0.05) is 19.3 Å². The molecule has 0 radical (unpaired) electrons. The Labute approximate surface area is 111 Å². The number of ether oxygens (including phenoxy) is 2. The molecule has 0 bridgehead atoms. The lowest BCUT2D eigenvalue weighted by atomic mass is 9.91. The van der Waals surface area contributed by atoms with Crippen LogP contribution in [-0.4, -0.2) is 37.5 Å². The zero-order chi connectivity index (χ0) is 13.4. The molecule has 0 amide bonds. The molecule has 2 unspecified atom stereocenters. The molecule has 2 atom stereocenters. The second-order valence-electron chi connectivity index (χ2n) is 5.31. The zero-order valence-corrected chi connectivity index (χ0v) is 11.9. The average molecular weight is 254 g/mol. The van der Waals surface area contributed by atoms with Crippen LogP contribution >= 0.6 is 0 Å². The van der Waals surface area contributed by atoms with E-state index in [-0.39, 0.29) is 6.10 Å². The summed E-state index contributed by atoms with van der Waals surface area (Å²) in [6, 6.07) is 2.76. The van der Waals surface area contributed by atoms with Gasteiger partial charge in [0.2, 0.25) is 0 Å². The van der Waals surface area contributed by atoms with Gasteiger partial charge in [-0.05, 0) is 39.5 Å². The number of hydrogen-bond donors (Lipinski definition) is 1. The van der Waals surface area contributed by atoms with E-state index in [0.717, 1.165) is 45.5 Å². The highest BCUT2D eigenvalue weighted by atomic mass is 16.5. The van der Waals surface area contributed by atoms with Crippen LogP contribution in [0.15, 0.2) is 0 Å². The molecule has 104 valence electrons. The third kappa shape index (κ3) is 4.93. The highest BCUT2D eigenvalue weighted by molar-refractivity contribution is 5.06. The third-order valence-corrected chi connectivity index (χ3v) is 3.37. The van der Waals surface area contributed by atoms with E-state index in [1.807, 2.05) is 0 Å². The molecule has 0 aromatic rings. The van der Waals surface area contributed by atoms with Gasteiger partial charge in [-0.3, -0.25) is 5.32 Å². The van der Waals surface area contributed by atoms with Crippen molar-refractivity contribution in [3.63, 3.8) is 0 Å². The molecule has 1 aliphatic heterocycles. The van der Waals surface area contributed by atoms with Gasteiger partial charge < -0.3 is 9.47 Å². The Kier molecular flexibility index (Phi) is 6.62. The Morgan fingerprint density at radius 2 is 2.33 bits per heavy atom. The van der Waals surface area contributed by atoms with Crippen molar-refractivity contribution in [1.29, 1.82) is 5.26 Å². The van der Waals surface area contributed by atoms with Crippen molar-refractivity contribution in [1.82, 2.24) is 5.32 Å². The van der Waals surface area contributed by atoms with Crippen LogP contribution in [-0.2, 0) is 9.47 Å². The lowest BCUT2D eigenvalue weighted by Crippen LogP contribution is -2.47. The fourth-order valence-corrected chi connectivity index (χ4v) is 2.34. The summed E-state index contributed by atoms with van der Waals surface area (Å²) >= 11 is 0. The van der Waals surface area contributed by atoms with E-state index in [1.165, 1.54) is 0 Å². The quantitative estimate of drug-likeness (QED) is 0.675. The van der Waals surface area contributed by atoms with E-state index >= 15 is 0 Å². The molecule has 1 rings (SSSR count). The normalized spacial score (nSPS) is 22.9. The second kappa shape index (κ2) is 7.73. The van der Waals surface area contributed by atoms with Gasteiger partial charge in [-0.25, -0.2) is 0 Å². The van der Waals surface area contributed by atoms with Gasteiger partial charge >= 0.3 is 0 Å². The van der Waals surface area contributed by atoms with Gasteiger partial charge in [0.1, 0.15) is 5.54 Å². The minimum absolute atomic E-state index is 0.265. The van der Waals surface area contributed by atoms with Crippen molar-refractivity contribution >= 4 is 0 Å². The standard InChI is InChI=1S/C14H26N2O2/c1-4-14(11-15,16-12(2)3)7-5-8-18-13-6-9-17-10-13/h12-13,16H,4-10H2,1-3H3. The van der Waals surface area contributed by atoms with Crippen LogP contribution in [0.4, 0.5) is 0 Å². The predicted molar refractivity (Wildman–Crippen MR) is 71.3 cm³/mol. The molecule has 0 aliphatic carbocycles. The van der Waals surface area contributed by atoms with Gasteiger partial charge in [-0.15, -0.1) is 0 Å². The fraction of sp³-hybridized carbons (Fsp3) is 0.929. The van der Waals surface area contributed by atoms with Crippen LogP contribution in [0.5, 0.6) is 0 Å². The molecular weight excluding hydrogens is 228 g/mol. The first-order chi connectivity index (χ1) is 8.62. The molecule has 1 saturated heterocycles. The maximum Gasteiger partial charge on any atom is 0.106 e. The Morgan fingerprint density at radius 3 is 2.83 bits per heavy atom. The van der Waals surface area contributed by atoms with E-state index in [9.17, 15) is 5.26 Å². The van der Waals surface area contributed by atoms with Crippen LogP contribution in [0.3, 0.4) is 0 Å². The van der Waals surface area contributed by atoms with Crippen molar-refractivity contribution < 1.29 is 9.47 Å². The molecule has 0 aromatic carbocycles. The summed E-state index contributed by atoms with van der Waals surface area (Å²) in [5, 5.41) is 12.7. The minimum Gasteiger partial charge on any atom is -0.379 e. The summed E-state index contributed by atoms with van der Waals surface area (Å²) in [4.78, 5) is 0. The molecule has 1 heterocycles. The molecule has 0 saturated carbocycles. The van der Waals surface area contributed by atoms with Gasteiger partial charge in [0.25, 0.3) is 0 Å². The van der Waals surface area contributed by atoms with Crippen LogP contribution < -0.4 is 5.32 Å². The minimum atomic E-state index is -0.399. The molecular formula is C14H26N2O2. The first kappa shape index (κ1) is 15.4. The highest BCUT2D eigenvalue weighted by Gasteiger charge is 2.28. The molecule has 4 nitrogen and oxygen atoms in total. The number of rotatable bonds is 8. The maximum absolute atomic E-state index is 9.36. The Balaban J connectivity index is 2.26. The molecule has 0 aromatic heterocycles. The van der Waals surface area contributed by atoms with Crippen molar-refractivity contribution in [2.45, 2.75) is 64.1 Å². The number of nitrogens with one attached hydrogen (secondary N) is 1. The number of nitriles is 1. The maximum atomic E-state index is 9.36. The number of nitrogens with zero attached hydrogens (tertiary/aromatic N) is 1. The van der Waals surface area contributed by atoms with E-state index in [2.05, 4.69) is 32.2 Å². The highest BCUT2D eigenvalue weighted by Crippen LogP contribution is 2.18. The fourth-order valence-electron chi connectivity index (χ4n) is 2.34. The van der Waals surface area contributed by atoms with Crippen molar-refractivity contribution in [3.8, 4) is 6.07 Å². The smallest absolute Gasteiger partial charge is 0.106 e. The molecule has 18 heavy (non-hydrogen) atoms. The van der Waals surface area contributed by atoms with Gasteiger partial charge in [0.15, 0.2) is 0 Å². The van der Waals surface area contributed by atoms with Crippen LogP contribution in [0, 0.1) is 11.3 Å². The van der Waals surface area contributed by atoms with Crippen molar-refractivity contribution in [2.24, 2.45) is 0 Å². The Bertz CT molecular complexity index is 269. The lowest BCUT2D eigenvalue weighted by molar-refractivity contribution is 0.0385. The largest absolute Gasteiger partial charge is 0.379 e. The average Bonchev–Trinajstić information content (AvgIpc) is 2.85. The first-order valence-corrected chi connectivity index (χ1v) is 7.00. The molecule has 1 fully saturated rings. The van der Waals surface area contributed by atoms with Crippen LogP contribution in [0.1, 0.15) is 46.5 Å². The summed E-state index contributed by atoms with van der Waals surface area (Å²) < 4.78 is 11.0. The molecule has 1 aliphatic rings. The Hall–Kier alpha value is -0.630. The Morgan fingerprint density at radius 1 is 1.56 bits per heavy atom. The third-order valence-electron chi connectivity index (χ3n) is 3.37. The van der Waals surface area contributed by atoms with E-state index in [4.69, 9.17) is 9.47 Å². The van der Waals surface area contributed by atoms with E-state index in [1.54, 1.807) is 0 Å². The topological polar surface area (TPSA) is 54.3 Å². The summed E-state index contributed by atoms with van der Waals surface area (Å²) in [5.74, 6) is 0. The summed E-state index contributed by atoms with van der Waals surface area (Å²) in [5.41, 5.74) is -0.399. The molecule has 0 spiro atoms. The molecule has 4 heteroatoms. The summed E-state index contributed by atoms with van der Waals surface area (Å²) in [6.45, 7) is 8.47. The summed E-state index contributed by atoms with van der Waals surface area (Å²) in [7, 11) is 0. The second-order valence-corrected chi connectivity index (χ2v) is 5.31. The van der Waals surface area contributed by atoms with Crippen molar-refractivity contribution in [3.05, 3.63) is 0 Å².